The number of carbonyl (C=O) groups is 1. The van der Waals surface area contributed by atoms with E-state index in [1.165, 1.54) is 6.34 Å². The molecule has 1 atom stereocenters. The third kappa shape index (κ3) is 2.66. The summed E-state index contributed by atoms with van der Waals surface area (Å²) < 4.78 is 0. The molecule has 0 aromatic rings. The van der Waals surface area contributed by atoms with Gasteiger partial charge in [-0.15, -0.1) is 0 Å². The van der Waals surface area contributed by atoms with E-state index in [0.29, 0.717) is 6.54 Å². The Bertz CT molecular complexity index is 92.7. The van der Waals surface area contributed by atoms with E-state index >= 15 is 0 Å². The van der Waals surface area contributed by atoms with Gasteiger partial charge >= 0.3 is 0 Å². The van der Waals surface area contributed by atoms with E-state index in [4.69, 9.17) is 0 Å². The van der Waals surface area contributed by atoms with Gasteiger partial charge in [0.15, 0.2) is 0 Å². The second kappa shape index (κ2) is 4.68. The number of rotatable bonds is 0. The van der Waals surface area contributed by atoms with Crippen LogP contribution in [0.25, 0.3) is 0 Å². The van der Waals surface area contributed by atoms with Crippen molar-refractivity contribution in [1.29, 1.82) is 0 Å². The molecule has 0 bridgehead atoms. The van der Waals surface area contributed by atoms with Crippen molar-refractivity contribution in [2.24, 2.45) is 4.99 Å². The Morgan fingerprint density at radius 1 is 1.75 bits per heavy atom. The summed E-state index contributed by atoms with van der Waals surface area (Å²) in [5, 5.41) is 2.39. The van der Waals surface area contributed by atoms with Crippen LogP contribution in [0, 0.1) is 0 Å². The highest BCUT2D eigenvalue weighted by atomic mass is 31.0. The van der Waals surface area contributed by atoms with Gasteiger partial charge in [0, 0.05) is 0 Å². The van der Waals surface area contributed by atoms with Crippen LogP contribution in [0.5, 0.6) is 0 Å². The number of hydrogen-bond acceptors (Lipinski definition) is 3. The van der Waals surface area contributed by atoms with Crippen LogP contribution < -0.4 is 11.5 Å². The predicted octanol–water partition coefficient (Wildman–Crippen LogP) is -0.635. The fraction of sp³-hybridized carbons (Fsp3) is 0.333. The lowest BCUT2D eigenvalue weighted by Gasteiger charge is -1.76. The Hall–Kier alpha value is -0.470. The highest BCUT2D eigenvalue weighted by Gasteiger charge is 1.98. The Morgan fingerprint density at radius 2 is 2.38 bits per heavy atom. The monoisotopic (exact) mass is 135 g/mol. The summed E-state index contributed by atoms with van der Waals surface area (Å²) in [6.07, 6.45) is 1.41. The summed E-state index contributed by atoms with van der Waals surface area (Å²) in [7, 11) is 0. The Morgan fingerprint density at radius 3 is 2.50 bits per heavy atom. The first kappa shape index (κ1) is 10.5. The molecular formula is C3H10N3OP. The smallest absolute Gasteiger partial charge is 0.246 e. The summed E-state index contributed by atoms with van der Waals surface area (Å²) in [6.45, 7) is 0.306. The minimum absolute atomic E-state index is 0. The van der Waals surface area contributed by atoms with Crippen LogP contribution in [0.2, 0.25) is 0 Å². The standard InChI is InChI=1S/C3H4N2O.H3N.H3P/c6-3-1-4-2-5-3;;/h2H,1H2,(H,4,5,6);2*1H3. The normalized spacial score (nSPS) is 13.8. The van der Waals surface area contributed by atoms with Gasteiger partial charge in [-0.2, -0.15) is 9.90 Å². The summed E-state index contributed by atoms with van der Waals surface area (Å²) in [6, 6.07) is 0. The molecule has 8 heavy (non-hydrogen) atoms. The van der Waals surface area contributed by atoms with Crippen molar-refractivity contribution in [1.82, 2.24) is 11.5 Å². The van der Waals surface area contributed by atoms with Crippen molar-refractivity contribution in [3.8, 4) is 0 Å². The molecule has 0 spiro atoms. The molecule has 0 radical (unpaired) electrons. The van der Waals surface area contributed by atoms with E-state index < -0.39 is 0 Å². The van der Waals surface area contributed by atoms with E-state index in [-0.39, 0.29) is 22.0 Å². The lowest BCUT2D eigenvalue weighted by molar-refractivity contribution is -0.117. The minimum atomic E-state index is -0.0185. The molecule has 0 saturated carbocycles. The zero-order valence-electron chi connectivity index (χ0n) is 4.55. The van der Waals surface area contributed by atoms with Gasteiger partial charge < -0.3 is 11.5 Å². The van der Waals surface area contributed by atoms with Crippen LogP contribution in [-0.2, 0) is 4.79 Å². The average molecular weight is 135 g/mol. The number of amides is 1. The van der Waals surface area contributed by atoms with Crippen LogP contribution in [-0.4, -0.2) is 18.8 Å². The van der Waals surface area contributed by atoms with Gasteiger partial charge in [0.25, 0.3) is 0 Å². The summed E-state index contributed by atoms with van der Waals surface area (Å²) in [5.41, 5.74) is 0. The molecular weight excluding hydrogens is 125 g/mol. The number of carbonyl (C=O) groups excluding carboxylic acids is 1. The van der Waals surface area contributed by atoms with E-state index in [1.54, 1.807) is 0 Å². The quantitative estimate of drug-likeness (QED) is 0.433. The first-order valence-corrected chi connectivity index (χ1v) is 1.67. The maximum atomic E-state index is 10.0. The maximum absolute atomic E-state index is 10.0. The average Bonchev–Trinajstić information content (AvgIpc) is 1.86. The van der Waals surface area contributed by atoms with Crippen molar-refractivity contribution in [2.75, 3.05) is 6.54 Å². The molecule has 1 rings (SSSR count). The molecule has 48 valence electrons. The SMILES string of the molecule is N.O=C1CN=CN1.P. The van der Waals surface area contributed by atoms with Gasteiger partial charge in [0.2, 0.25) is 5.91 Å². The fourth-order valence-electron chi connectivity index (χ4n) is 0.292. The first-order chi connectivity index (χ1) is 2.89. The Balaban J connectivity index is 0. The molecule has 5 heteroatoms. The van der Waals surface area contributed by atoms with Crippen molar-refractivity contribution >= 4 is 22.1 Å². The molecule has 4 N–H and O–H groups in total. The first-order valence-electron chi connectivity index (χ1n) is 1.67. The van der Waals surface area contributed by atoms with E-state index in [9.17, 15) is 4.79 Å². The third-order valence-corrected chi connectivity index (χ3v) is 0.552. The molecule has 0 aromatic carbocycles. The van der Waals surface area contributed by atoms with Crippen molar-refractivity contribution in [3.05, 3.63) is 0 Å². The van der Waals surface area contributed by atoms with Crippen molar-refractivity contribution in [2.45, 2.75) is 0 Å². The summed E-state index contributed by atoms with van der Waals surface area (Å²) in [5.74, 6) is -0.0185. The Labute approximate surface area is 51.0 Å². The number of nitrogens with one attached hydrogen (secondary N) is 1. The molecule has 0 aliphatic carbocycles. The topological polar surface area (TPSA) is 76.5 Å². The fourth-order valence-corrected chi connectivity index (χ4v) is 0.292. The van der Waals surface area contributed by atoms with Gasteiger partial charge in [0.1, 0.15) is 6.54 Å². The highest BCUT2D eigenvalue weighted by Crippen LogP contribution is 1.73. The van der Waals surface area contributed by atoms with E-state index in [0.717, 1.165) is 0 Å². The highest BCUT2D eigenvalue weighted by molar-refractivity contribution is 6.92. The molecule has 0 saturated heterocycles. The number of nitrogens with zero attached hydrogens (tertiary/aromatic N) is 1. The molecule has 1 unspecified atom stereocenters. The largest absolute Gasteiger partial charge is 0.344 e. The zero-order valence-corrected chi connectivity index (χ0v) is 5.97. The zero-order chi connectivity index (χ0) is 4.41. The van der Waals surface area contributed by atoms with Crippen LogP contribution in [0.3, 0.4) is 0 Å². The van der Waals surface area contributed by atoms with Gasteiger partial charge in [-0.1, -0.05) is 0 Å². The second-order valence-corrected chi connectivity index (χ2v) is 1.04. The van der Waals surface area contributed by atoms with Gasteiger partial charge in [0.05, 0.1) is 6.34 Å². The molecule has 0 fully saturated rings. The lowest BCUT2D eigenvalue weighted by atomic mass is 10.7. The lowest BCUT2D eigenvalue weighted by Crippen LogP contribution is -2.15. The van der Waals surface area contributed by atoms with Crippen LogP contribution in [0.15, 0.2) is 4.99 Å². The Kier molecular flexibility index (Phi) is 6.15. The van der Waals surface area contributed by atoms with Crippen molar-refractivity contribution < 1.29 is 4.79 Å². The minimum Gasteiger partial charge on any atom is -0.344 e. The molecule has 1 heterocycles. The number of aliphatic imine (C=N–C) groups is 1. The van der Waals surface area contributed by atoms with Gasteiger partial charge in [-0.3, -0.25) is 9.79 Å². The predicted molar refractivity (Wildman–Crippen MR) is 37.6 cm³/mol. The van der Waals surface area contributed by atoms with Gasteiger partial charge in [-0.25, -0.2) is 0 Å². The van der Waals surface area contributed by atoms with Crippen molar-refractivity contribution in [3.63, 3.8) is 0 Å². The maximum Gasteiger partial charge on any atom is 0.246 e. The second-order valence-electron chi connectivity index (χ2n) is 1.04. The molecule has 1 amide bonds. The molecule has 4 nitrogen and oxygen atoms in total. The third-order valence-electron chi connectivity index (χ3n) is 0.552. The summed E-state index contributed by atoms with van der Waals surface area (Å²) >= 11 is 0. The summed E-state index contributed by atoms with van der Waals surface area (Å²) in [4.78, 5) is 13.6. The van der Waals surface area contributed by atoms with Crippen LogP contribution in [0.4, 0.5) is 0 Å². The van der Waals surface area contributed by atoms with Crippen LogP contribution in [0.1, 0.15) is 0 Å². The number of hydrogen-bond donors (Lipinski definition) is 2. The van der Waals surface area contributed by atoms with Crippen LogP contribution >= 0.6 is 9.90 Å². The molecule has 0 aromatic heterocycles. The van der Waals surface area contributed by atoms with Gasteiger partial charge in [-0.05, 0) is 0 Å². The van der Waals surface area contributed by atoms with E-state index in [2.05, 4.69) is 10.3 Å². The van der Waals surface area contributed by atoms with E-state index in [1.807, 2.05) is 0 Å². The molecule has 1 aliphatic rings. The molecule has 1 aliphatic heterocycles.